The van der Waals surface area contributed by atoms with Gasteiger partial charge in [-0.15, -0.1) is 5.01 Å². The third kappa shape index (κ3) is 7.00. The molecule has 202 valence electrons. The molecule has 0 spiro atoms. The molecule has 39 heavy (non-hydrogen) atoms. The summed E-state index contributed by atoms with van der Waals surface area (Å²) in [6, 6.07) is 42.2. The number of hydrogen-bond donors (Lipinski definition) is 1. The van der Waals surface area contributed by atoms with E-state index >= 15 is 0 Å². The van der Waals surface area contributed by atoms with E-state index in [1.807, 2.05) is 12.1 Å². The maximum Gasteiger partial charge on any atom is 0.217 e. The number of rotatable bonds is 7. The molecule has 1 N–H and O–H groups in total. The fraction of sp³-hybridized carbons (Fsp3) is 0.161. The molecule has 7 nitrogen and oxygen atoms in total. The molecule has 0 amide bonds. The summed E-state index contributed by atoms with van der Waals surface area (Å²) in [6.07, 6.45) is -0.202. The van der Waals surface area contributed by atoms with E-state index in [9.17, 15) is 13.0 Å². The summed E-state index contributed by atoms with van der Waals surface area (Å²) in [5.74, 6) is 0.991. The second kappa shape index (κ2) is 12.8. The van der Waals surface area contributed by atoms with Crippen molar-refractivity contribution in [2.24, 2.45) is 0 Å². The molecule has 4 aromatic carbocycles. The first-order chi connectivity index (χ1) is 18.8. The fourth-order valence-electron chi connectivity index (χ4n) is 4.66. The van der Waals surface area contributed by atoms with E-state index in [1.165, 1.54) is 21.8 Å². The van der Waals surface area contributed by atoms with Crippen LogP contribution in [0.2, 0.25) is 0 Å². The van der Waals surface area contributed by atoms with Gasteiger partial charge in [0, 0.05) is 12.6 Å². The minimum atomic E-state index is -4.41. The predicted molar refractivity (Wildman–Crippen MR) is 150 cm³/mol. The van der Waals surface area contributed by atoms with Crippen molar-refractivity contribution >= 4 is 16.1 Å². The number of benzene rings is 4. The van der Waals surface area contributed by atoms with Crippen LogP contribution < -0.4 is 5.01 Å². The van der Waals surface area contributed by atoms with Gasteiger partial charge in [-0.25, -0.2) is 13.4 Å². The molecule has 1 aliphatic heterocycles. The van der Waals surface area contributed by atoms with Gasteiger partial charge in [-0.05, 0) is 28.8 Å². The van der Waals surface area contributed by atoms with E-state index in [0.29, 0.717) is 0 Å². The zero-order chi connectivity index (χ0) is 27.8. The van der Waals surface area contributed by atoms with E-state index < -0.39 is 10.4 Å². The average Bonchev–Trinajstić information content (AvgIpc) is 3.22. The van der Waals surface area contributed by atoms with Gasteiger partial charge in [-0.1, -0.05) is 109 Å². The minimum absolute atomic E-state index is 0.0105. The Labute approximate surface area is 230 Å². The first-order valence-electron chi connectivity index (χ1n) is 12.5. The summed E-state index contributed by atoms with van der Waals surface area (Å²) in [6.45, 7) is 0. The third-order valence-corrected chi connectivity index (χ3v) is 7.01. The Bertz CT molecular complexity index is 1430. The summed E-state index contributed by atoms with van der Waals surface area (Å²) in [5.41, 5.74) is 5.85. The van der Waals surface area contributed by atoms with Gasteiger partial charge in [-0.2, -0.15) is 0 Å². The summed E-state index contributed by atoms with van der Waals surface area (Å²) >= 11 is 0. The molecule has 2 unspecified atom stereocenters. The Kier molecular flexibility index (Phi) is 9.29. The maximum atomic E-state index is 9.22. The van der Waals surface area contributed by atoms with Crippen LogP contribution in [0.25, 0.3) is 5.70 Å². The van der Waals surface area contributed by atoms with E-state index in [1.54, 1.807) is 0 Å². The van der Waals surface area contributed by atoms with Crippen molar-refractivity contribution in [3.05, 3.63) is 149 Å². The molecule has 0 fully saturated rings. The lowest BCUT2D eigenvalue weighted by Gasteiger charge is -2.26. The van der Waals surface area contributed by atoms with Crippen molar-refractivity contribution in [3.63, 3.8) is 0 Å². The Morgan fingerprint density at radius 3 is 1.62 bits per heavy atom. The summed E-state index contributed by atoms with van der Waals surface area (Å²) in [5, 5.41) is 3.55. The van der Waals surface area contributed by atoms with Gasteiger partial charge in [0.25, 0.3) is 0 Å². The lowest BCUT2D eigenvalue weighted by Crippen LogP contribution is -3.11. The number of nitrogens with zero attached hydrogens (tertiary/aromatic N) is 1. The van der Waals surface area contributed by atoms with Crippen LogP contribution in [0.1, 0.15) is 34.4 Å². The van der Waals surface area contributed by atoms with Crippen molar-refractivity contribution in [2.75, 3.05) is 21.2 Å². The van der Waals surface area contributed by atoms with Crippen LogP contribution in [0.5, 0.6) is 0 Å². The molecular formula is C31H32N2O5S. The normalized spacial score (nSPS) is 17.6. The monoisotopic (exact) mass is 544 g/mol. The molecule has 5 rings (SSSR count). The van der Waals surface area contributed by atoms with Gasteiger partial charge in [0.05, 0.1) is 14.2 Å². The molecule has 1 heterocycles. The lowest BCUT2D eigenvalue weighted by atomic mass is 9.99. The van der Waals surface area contributed by atoms with Crippen molar-refractivity contribution in [1.82, 2.24) is 5.01 Å². The third-order valence-electron chi connectivity index (χ3n) is 6.60. The zero-order valence-corrected chi connectivity index (χ0v) is 22.9. The Balaban J connectivity index is 0.000000531. The van der Waals surface area contributed by atoms with Crippen LogP contribution in [0.3, 0.4) is 0 Å². The quantitative estimate of drug-likeness (QED) is 0.275. The second-order valence-corrected chi connectivity index (χ2v) is 10.2. The Morgan fingerprint density at radius 1 is 0.769 bits per heavy atom. The van der Waals surface area contributed by atoms with Gasteiger partial charge in [0.15, 0.2) is 11.5 Å². The SMILES string of the molecule is CN1C(c2ccccc2)C(OC(c2ccccc2)c2ccccc2)=C(c2ccccc2)[NH+]1C.COS(=O)(=O)[O-]. The van der Waals surface area contributed by atoms with Crippen LogP contribution in [0.4, 0.5) is 0 Å². The van der Waals surface area contributed by atoms with E-state index in [0.717, 1.165) is 24.0 Å². The average molecular weight is 545 g/mol. The highest BCUT2D eigenvalue weighted by molar-refractivity contribution is 7.80. The van der Waals surface area contributed by atoms with Crippen LogP contribution >= 0.6 is 0 Å². The van der Waals surface area contributed by atoms with Crippen molar-refractivity contribution in [3.8, 4) is 0 Å². The van der Waals surface area contributed by atoms with E-state index in [-0.39, 0.29) is 12.1 Å². The molecule has 0 aliphatic carbocycles. The van der Waals surface area contributed by atoms with Gasteiger partial charge < -0.3 is 9.29 Å². The fourth-order valence-corrected chi connectivity index (χ4v) is 4.66. The van der Waals surface area contributed by atoms with Crippen LogP contribution in [0, 0.1) is 0 Å². The highest BCUT2D eigenvalue weighted by Gasteiger charge is 2.44. The molecular weight excluding hydrogens is 512 g/mol. The van der Waals surface area contributed by atoms with Gasteiger partial charge in [0.1, 0.15) is 12.1 Å². The molecule has 0 radical (unpaired) electrons. The van der Waals surface area contributed by atoms with E-state index in [4.69, 9.17) is 4.74 Å². The van der Waals surface area contributed by atoms with Crippen LogP contribution in [-0.2, 0) is 19.3 Å². The molecule has 0 saturated carbocycles. The van der Waals surface area contributed by atoms with E-state index in [2.05, 4.69) is 132 Å². The lowest BCUT2D eigenvalue weighted by molar-refractivity contribution is -0.928. The zero-order valence-electron chi connectivity index (χ0n) is 22.1. The first-order valence-corrected chi connectivity index (χ1v) is 13.8. The van der Waals surface area contributed by atoms with Crippen LogP contribution in [0.15, 0.2) is 127 Å². The Hall–Kier alpha value is -3.79. The number of quaternary nitrogens is 1. The number of hydrogen-bond acceptors (Lipinski definition) is 6. The van der Waals surface area contributed by atoms with Crippen LogP contribution in [-0.4, -0.2) is 39.2 Å². The van der Waals surface area contributed by atoms with Gasteiger partial charge >= 0.3 is 0 Å². The minimum Gasteiger partial charge on any atom is -0.726 e. The first kappa shape index (κ1) is 28.2. The highest BCUT2D eigenvalue weighted by atomic mass is 32.3. The molecule has 4 aromatic rings. The number of ether oxygens (including phenoxy) is 1. The highest BCUT2D eigenvalue weighted by Crippen LogP contribution is 2.39. The molecule has 0 aromatic heterocycles. The van der Waals surface area contributed by atoms with Crippen molar-refractivity contribution in [1.29, 1.82) is 0 Å². The predicted octanol–water partition coefficient (Wildman–Crippen LogP) is 4.37. The molecule has 0 bridgehead atoms. The maximum absolute atomic E-state index is 9.22. The summed E-state index contributed by atoms with van der Waals surface area (Å²) in [4.78, 5) is 0. The second-order valence-electron chi connectivity index (χ2n) is 9.01. The van der Waals surface area contributed by atoms with Gasteiger partial charge in [0.2, 0.25) is 10.4 Å². The molecule has 0 saturated heterocycles. The number of nitrogens with one attached hydrogen (secondary N) is 1. The molecule has 8 heteroatoms. The summed E-state index contributed by atoms with van der Waals surface area (Å²) < 4.78 is 38.1. The smallest absolute Gasteiger partial charge is 0.217 e. The van der Waals surface area contributed by atoms with Crippen molar-refractivity contribution < 1.29 is 26.9 Å². The topological polar surface area (TPSA) is 83.3 Å². The number of likely N-dealkylation sites (N-methyl/N-ethyl adjacent to an activating group) is 1. The van der Waals surface area contributed by atoms with Gasteiger partial charge in [-0.3, -0.25) is 4.18 Å². The standard InChI is InChI=1S/C30H28N2O.CH4O4S/c1-31-27(23-15-7-3-8-16-23)30(28(32(31)2)24-17-9-4-10-18-24)33-29(25-19-11-5-12-20-25)26-21-13-6-14-22-26;1-5-6(2,3)4/h3-22,27,29H,1-2H3;1H3,(H,2,3,4). The largest absolute Gasteiger partial charge is 0.726 e. The molecule has 1 aliphatic rings. The Morgan fingerprint density at radius 2 is 1.18 bits per heavy atom. The molecule has 2 atom stereocenters. The summed E-state index contributed by atoms with van der Waals surface area (Å²) in [7, 11) is 0.744. The van der Waals surface area contributed by atoms with Crippen molar-refractivity contribution in [2.45, 2.75) is 12.1 Å².